The zero-order valence-corrected chi connectivity index (χ0v) is 10.3. The summed E-state index contributed by atoms with van der Waals surface area (Å²) < 4.78 is 35.9. The lowest BCUT2D eigenvalue weighted by Crippen LogP contribution is -2.28. The Hall–Kier alpha value is -1.33. The molecule has 96 valence electrons. The SMILES string of the molecule is FC(F)(F)CNCc1csc(-c2ccccc2)c1. The van der Waals surface area contributed by atoms with Crippen LogP contribution < -0.4 is 5.32 Å². The first-order chi connectivity index (χ1) is 8.54. The number of halogens is 3. The largest absolute Gasteiger partial charge is 0.401 e. The zero-order chi connectivity index (χ0) is 13.0. The molecule has 2 aromatic rings. The molecular formula is C13H12F3NS. The van der Waals surface area contributed by atoms with Gasteiger partial charge in [-0.05, 0) is 22.6 Å². The van der Waals surface area contributed by atoms with Gasteiger partial charge in [-0.1, -0.05) is 30.3 Å². The molecule has 5 heteroatoms. The molecule has 1 aromatic carbocycles. The van der Waals surface area contributed by atoms with Crippen LogP contribution in [0.5, 0.6) is 0 Å². The van der Waals surface area contributed by atoms with Gasteiger partial charge in [0.15, 0.2) is 0 Å². The fourth-order valence-electron chi connectivity index (χ4n) is 1.57. The van der Waals surface area contributed by atoms with E-state index in [4.69, 9.17) is 0 Å². The lowest BCUT2D eigenvalue weighted by Gasteiger charge is -2.06. The van der Waals surface area contributed by atoms with E-state index in [0.717, 1.165) is 16.0 Å². The van der Waals surface area contributed by atoms with Crippen LogP contribution in [-0.2, 0) is 6.54 Å². The van der Waals surface area contributed by atoms with Crippen molar-refractivity contribution >= 4 is 11.3 Å². The summed E-state index contributed by atoms with van der Waals surface area (Å²) in [6.45, 7) is -0.716. The van der Waals surface area contributed by atoms with Crippen molar-refractivity contribution in [1.82, 2.24) is 5.32 Å². The van der Waals surface area contributed by atoms with E-state index in [0.29, 0.717) is 0 Å². The molecule has 0 fully saturated rings. The predicted octanol–water partition coefficient (Wildman–Crippen LogP) is 4.07. The summed E-state index contributed by atoms with van der Waals surface area (Å²) in [5.74, 6) is 0. The van der Waals surface area contributed by atoms with Gasteiger partial charge in [0.25, 0.3) is 0 Å². The van der Waals surface area contributed by atoms with E-state index in [2.05, 4.69) is 5.32 Å². The Bertz CT molecular complexity index is 490. The monoisotopic (exact) mass is 271 g/mol. The maximum atomic E-state index is 12.0. The summed E-state index contributed by atoms with van der Waals surface area (Å²) in [6.07, 6.45) is -4.15. The molecule has 0 bridgehead atoms. The second kappa shape index (κ2) is 5.54. The highest BCUT2D eigenvalue weighted by Gasteiger charge is 2.26. The zero-order valence-electron chi connectivity index (χ0n) is 9.50. The third-order valence-electron chi connectivity index (χ3n) is 2.37. The van der Waals surface area contributed by atoms with Crippen LogP contribution >= 0.6 is 11.3 Å². The van der Waals surface area contributed by atoms with E-state index in [9.17, 15) is 13.2 Å². The standard InChI is InChI=1S/C13H12F3NS/c14-13(15,16)9-17-7-10-6-12(18-8-10)11-4-2-1-3-5-11/h1-6,8,17H,7,9H2. The summed E-state index contributed by atoms with van der Waals surface area (Å²) in [7, 11) is 0. The molecule has 1 N–H and O–H groups in total. The van der Waals surface area contributed by atoms with Gasteiger partial charge in [-0.3, -0.25) is 0 Å². The van der Waals surface area contributed by atoms with E-state index in [-0.39, 0.29) is 6.54 Å². The third-order valence-corrected chi connectivity index (χ3v) is 3.39. The molecule has 0 amide bonds. The Labute approximate surface area is 107 Å². The van der Waals surface area contributed by atoms with Gasteiger partial charge >= 0.3 is 6.18 Å². The van der Waals surface area contributed by atoms with Gasteiger partial charge in [0.1, 0.15) is 0 Å². The molecule has 0 unspecified atom stereocenters. The number of alkyl halides is 3. The maximum absolute atomic E-state index is 12.0. The first kappa shape index (κ1) is 13.1. The fraction of sp³-hybridized carbons (Fsp3) is 0.231. The second-order valence-electron chi connectivity index (χ2n) is 3.90. The first-order valence-electron chi connectivity index (χ1n) is 5.45. The van der Waals surface area contributed by atoms with Crippen molar-refractivity contribution in [3.8, 4) is 10.4 Å². The molecule has 18 heavy (non-hydrogen) atoms. The van der Waals surface area contributed by atoms with Crippen molar-refractivity contribution in [1.29, 1.82) is 0 Å². The molecule has 1 aromatic heterocycles. The average molecular weight is 271 g/mol. The summed E-state index contributed by atoms with van der Waals surface area (Å²) in [4.78, 5) is 1.07. The van der Waals surface area contributed by atoms with Gasteiger partial charge in [0.05, 0.1) is 6.54 Å². The highest BCUT2D eigenvalue weighted by Crippen LogP contribution is 2.26. The number of hydrogen-bond donors (Lipinski definition) is 1. The fourth-order valence-corrected chi connectivity index (χ4v) is 2.49. The molecule has 2 rings (SSSR count). The molecule has 0 atom stereocenters. The smallest absolute Gasteiger partial charge is 0.305 e. The predicted molar refractivity (Wildman–Crippen MR) is 67.5 cm³/mol. The van der Waals surface area contributed by atoms with E-state index in [1.54, 1.807) is 0 Å². The van der Waals surface area contributed by atoms with Crippen LogP contribution in [0.1, 0.15) is 5.56 Å². The van der Waals surface area contributed by atoms with Crippen LogP contribution in [0.4, 0.5) is 13.2 Å². The van der Waals surface area contributed by atoms with Crippen LogP contribution in [-0.4, -0.2) is 12.7 Å². The molecule has 1 nitrogen and oxygen atoms in total. The van der Waals surface area contributed by atoms with Crippen molar-refractivity contribution in [2.24, 2.45) is 0 Å². The topological polar surface area (TPSA) is 12.0 Å². The molecule has 0 aliphatic rings. The normalized spacial score (nSPS) is 11.7. The van der Waals surface area contributed by atoms with Gasteiger partial charge in [-0.2, -0.15) is 13.2 Å². The Balaban J connectivity index is 1.95. The summed E-state index contributed by atoms with van der Waals surface area (Å²) >= 11 is 1.54. The second-order valence-corrected chi connectivity index (χ2v) is 4.82. The third kappa shape index (κ3) is 3.85. The van der Waals surface area contributed by atoms with Crippen LogP contribution in [0.25, 0.3) is 10.4 Å². The lowest BCUT2D eigenvalue weighted by molar-refractivity contribution is -0.125. The van der Waals surface area contributed by atoms with Crippen molar-refractivity contribution < 1.29 is 13.2 Å². The van der Waals surface area contributed by atoms with Gasteiger partial charge in [-0.25, -0.2) is 0 Å². The Morgan fingerprint density at radius 1 is 1.11 bits per heavy atom. The molecule has 0 saturated carbocycles. The van der Waals surface area contributed by atoms with E-state index in [1.165, 1.54) is 11.3 Å². The van der Waals surface area contributed by atoms with Crippen LogP contribution in [0.2, 0.25) is 0 Å². The molecule has 0 aliphatic heterocycles. The summed E-state index contributed by atoms with van der Waals surface area (Å²) in [5.41, 5.74) is 1.97. The van der Waals surface area contributed by atoms with Gasteiger partial charge < -0.3 is 5.32 Å². The molecule has 1 heterocycles. The molecule has 0 spiro atoms. The first-order valence-corrected chi connectivity index (χ1v) is 6.33. The Morgan fingerprint density at radius 2 is 1.83 bits per heavy atom. The van der Waals surface area contributed by atoms with E-state index in [1.807, 2.05) is 41.8 Å². The van der Waals surface area contributed by atoms with E-state index < -0.39 is 12.7 Å². The number of rotatable bonds is 4. The number of hydrogen-bond acceptors (Lipinski definition) is 2. The maximum Gasteiger partial charge on any atom is 0.401 e. The minimum Gasteiger partial charge on any atom is -0.305 e. The Kier molecular flexibility index (Phi) is 4.04. The highest BCUT2D eigenvalue weighted by atomic mass is 32.1. The molecule has 0 radical (unpaired) electrons. The van der Waals surface area contributed by atoms with Crippen molar-refractivity contribution in [2.75, 3.05) is 6.54 Å². The van der Waals surface area contributed by atoms with Gasteiger partial charge in [-0.15, -0.1) is 11.3 Å². The summed E-state index contributed by atoms with van der Waals surface area (Å²) in [6, 6.07) is 11.7. The molecule has 0 aliphatic carbocycles. The average Bonchev–Trinajstić information content (AvgIpc) is 2.77. The van der Waals surface area contributed by atoms with E-state index >= 15 is 0 Å². The molecule has 0 saturated heterocycles. The minimum atomic E-state index is -4.15. The van der Waals surface area contributed by atoms with Crippen LogP contribution in [0.15, 0.2) is 41.8 Å². The number of benzene rings is 1. The number of nitrogens with one attached hydrogen (secondary N) is 1. The van der Waals surface area contributed by atoms with Gasteiger partial charge in [0, 0.05) is 11.4 Å². The lowest BCUT2D eigenvalue weighted by atomic mass is 10.2. The minimum absolute atomic E-state index is 0.239. The quantitative estimate of drug-likeness (QED) is 0.884. The Morgan fingerprint density at radius 3 is 2.50 bits per heavy atom. The van der Waals surface area contributed by atoms with Crippen LogP contribution in [0.3, 0.4) is 0 Å². The van der Waals surface area contributed by atoms with Crippen molar-refractivity contribution in [3.05, 3.63) is 47.3 Å². The van der Waals surface area contributed by atoms with Crippen LogP contribution in [0, 0.1) is 0 Å². The number of thiophene rings is 1. The van der Waals surface area contributed by atoms with Gasteiger partial charge in [0.2, 0.25) is 0 Å². The van der Waals surface area contributed by atoms with Crippen molar-refractivity contribution in [2.45, 2.75) is 12.7 Å². The van der Waals surface area contributed by atoms with Crippen molar-refractivity contribution in [3.63, 3.8) is 0 Å². The molecular weight excluding hydrogens is 259 g/mol. The summed E-state index contributed by atoms with van der Waals surface area (Å²) in [5, 5.41) is 4.27. The highest BCUT2D eigenvalue weighted by molar-refractivity contribution is 7.13.